The summed E-state index contributed by atoms with van der Waals surface area (Å²) in [4.78, 5) is 18.8. The SMILES string of the molecule is CCOc1ccc(NC(=O)N2CCC(Oc3ccc4ccccc4n3)C2)cc1. The van der Waals surface area contributed by atoms with E-state index in [-0.39, 0.29) is 12.1 Å². The average Bonchev–Trinajstić information content (AvgIpc) is 3.18. The molecule has 1 atom stereocenters. The topological polar surface area (TPSA) is 63.7 Å². The first-order valence-corrected chi connectivity index (χ1v) is 9.52. The molecular weight excluding hydrogens is 354 g/mol. The first-order chi connectivity index (χ1) is 13.7. The Morgan fingerprint density at radius 2 is 1.96 bits per heavy atom. The Balaban J connectivity index is 1.33. The van der Waals surface area contributed by atoms with Crippen LogP contribution >= 0.6 is 0 Å². The van der Waals surface area contributed by atoms with Crippen molar-refractivity contribution in [2.45, 2.75) is 19.4 Å². The number of hydrogen-bond acceptors (Lipinski definition) is 4. The number of carbonyl (C=O) groups excluding carboxylic acids is 1. The lowest BCUT2D eigenvalue weighted by molar-refractivity contribution is 0.190. The van der Waals surface area contributed by atoms with Crippen molar-refractivity contribution >= 4 is 22.6 Å². The van der Waals surface area contributed by atoms with Crippen molar-refractivity contribution in [2.75, 3.05) is 25.0 Å². The standard InChI is InChI=1S/C22H23N3O3/c1-2-27-18-10-8-17(9-11-18)23-22(26)25-14-13-19(15-25)28-21-12-7-16-5-3-4-6-20(16)24-21/h3-12,19H,2,13-15H2,1H3,(H,23,26). The van der Waals surface area contributed by atoms with Crippen molar-refractivity contribution in [3.05, 3.63) is 60.7 Å². The molecule has 1 aliphatic rings. The van der Waals surface area contributed by atoms with E-state index >= 15 is 0 Å². The number of benzene rings is 2. The summed E-state index contributed by atoms with van der Waals surface area (Å²) in [6.07, 6.45) is 0.727. The number of urea groups is 1. The predicted molar refractivity (Wildman–Crippen MR) is 109 cm³/mol. The lowest BCUT2D eigenvalue weighted by atomic mass is 10.2. The Bertz CT molecular complexity index is 959. The van der Waals surface area contributed by atoms with Gasteiger partial charge >= 0.3 is 6.03 Å². The van der Waals surface area contributed by atoms with Gasteiger partial charge in [-0.1, -0.05) is 18.2 Å². The summed E-state index contributed by atoms with van der Waals surface area (Å²) in [7, 11) is 0. The monoisotopic (exact) mass is 377 g/mol. The molecule has 0 aliphatic carbocycles. The van der Waals surface area contributed by atoms with Crippen molar-refractivity contribution < 1.29 is 14.3 Å². The van der Waals surface area contributed by atoms with Crippen molar-refractivity contribution in [1.29, 1.82) is 0 Å². The highest BCUT2D eigenvalue weighted by Gasteiger charge is 2.28. The molecule has 0 radical (unpaired) electrons. The van der Waals surface area contributed by atoms with E-state index in [1.165, 1.54) is 0 Å². The minimum atomic E-state index is -0.123. The molecule has 2 aromatic carbocycles. The predicted octanol–water partition coefficient (Wildman–Crippen LogP) is 4.32. The zero-order chi connectivity index (χ0) is 19.3. The fourth-order valence-corrected chi connectivity index (χ4v) is 3.30. The van der Waals surface area contributed by atoms with Crippen LogP contribution in [0.15, 0.2) is 60.7 Å². The maximum atomic E-state index is 12.5. The van der Waals surface area contributed by atoms with Crippen LogP contribution in [0.3, 0.4) is 0 Å². The second-order valence-electron chi connectivity index (χ2n) is 6.70. The molecule has 0 bridgehead atoms. The highest BCUT2D eigenvalue weighted by Crippen LogP contribution is 2.21. The molecule has 1 unspecified atom stereocenters. The molecule has 0 saturated carbocycles. The lowest BCUT2D eigenvalue weighted by Crippen LogP contribution is -2.34. The number of aromatic nitrogens is 1. The van der Waals surface area contributed by atoms with E-state index < -0.39 is 0 Å². The molecule has 1 aromatic heterocycles. The summed E-state index contributed by atoms with van der Waals surface area (Å²) >= 11 is 0. The van der Waals surface area contributed by atoms with Gasteiger partial charge < -0.3 is 19.7 Å². The van der Waals surface area contributed by atoms with Gasteiger partial charge in [0.05, 0.1) is 18.7 Å². The van der Waals surface area contributed by atoms with Crippen LogP contribution in [-0.4, -0.2) is 41.7 Å². The van der Waals surface area contributed by atoms with Crippen molar-refractivity contribution in [3.8, 4) is 11.6 Å². The molecule has 1 fully saturated rings. The second kappa shape index (κ2) is 8.17. The van der Waals surface area contributed by atoms with Gasteiger partial charge in [-0.2, -0.15) is 0 Å². The molecule has 6 nitrogen and oxygen atoms in total. The van der Waals surface area contributed by atoms with Crippen LogP contribution < -0.4 is 14.8 Å². The number of anilines is 1. The highest BCUT2D eigenvalue weighted by atomic mass is 16.5. The number of nitrogens with zero attached hydrogens (tertiary/aromatic N) is 2. The summed E-state index contributed by atoms with van der Waals surface area (Å²) < 4.78 is 11.4. The number of hydrogen-bond donors (Lipinski definition) is 1. The van der Waals surface area contributed by atoms with Crippen LogP contribution in [0.1, 0.15) is 13.3 Å². The van der Waals surface area contributed by atoms with Crippen molar-refractivity contribution in [1.82, 2.24) is 9.88 Å². The van der Waals surface area contributed by atoms with E-state index in [0.29, 0.717) is 25.6 Å². The Hall–Kier alpha value is -3.28. The van der Waals surface area contributed by atoms with Gasteiger partial charge in [0, 0.05) is 30.1 Å². The zero-order valence-corrected chi connectivity index (χ0v) is 15.8. The zero-order valence-electron chi connectivity index (χ0n) is 15.8. The average molecular weight is 377 g/mol. The molecule has 1 saturated heterocycles. The molecule has 2 heterocycles. The maximum Gasteiger partial charge on any atom is 0.321 e. The number of rotatable bonds is 5. The van der Waals surface area contributed by atoms with Gasteiger partial charge in [-0.25, -0.2) is 9.78 Å². The fourth-order valence-electron chi connectivity index (χ4n) is 3.30. The Kier molecular flexibility index (Phi) is 5.28. The number of likely N-dealkylation sites (tertiary alicyclic amines) is 1. The Morgan fingerprint density at radius 3 is 2.79 bits per heavy atom. The number of fused-ring (bicyclic) bond motifs is 1. The lowest BCUT2D eigenvalue weighted by Gasteiger charge is -2.18. The summed E-state index contributed by atoms with van der Waals surface area (Å²) in [5.41, 5.74) is 1.65. The summed E-state index contributed by atoms with van der Waals surface area (Å²) in [6.45, 7) is 3.75. The number of ether oxygens (including phenoxy) is 2. The van der Waals surface area contributed by atoms with Gasteiger partial charge in [-0.3, -0.25) is 0 Å². The summed E-state index contributed by atoms with van der Waals surface area (Å²) in [5.74, 6) is 1.38. The van der Waals surface area contributed by atoms with Crippen LogP contribution in [0.4, 0.5) is 10.5 Å². The minimum absolute atomic E-state index is 0.0558. The molecule has 0 spiro atoms. The third-order valence-electron chi connectivity index (χ3n) is 4.71. The van der Waals surface area contributed by atoms with Gasteiger partial charge in [0.25, 0.3) is 0 Å². The molecule has 2 amide bonds. The molecule has 28 heavy (non-hydrogen) atoms. The van der Waals surface area contributed by atoms with E-state index in [1.54, 1.807) is 4.90 Å². The smallest absolute Gasteiger partial charge is 0.321 e. The Morgan fingerprint density at radius 1 is 1.14 bits per heavy atom. The number of pyridine rings is 1. The Labute approximate surface area is 164 Å². The van der Waals surface area contributed by atoms with Crippen LogP contribution in [-0.2, 0) is 0 Å². The van der Waals surface area contributed by atoms with E-state index in [1.807, 2.05) is 67.6 Å². The molecule has 4 rings (SSSR count). The molecule has 144 valence electrons. The number of para-hydroxylation sites is 1. The van der Waals surface area contributed by atoms with Gasteiger partial charge in [0.2, 0.25) is 5.88 Å². The molecule has 6 heteroatoms. The van der Waals surface area contributed by atoms with Gasteiger partial charge in [0.15, 0.2) is 0 Å². The third kappa shape index (κ3) is 4.17. The van der Waals surface area contributed by atoms with Gasteiger partial charge in [0.1, 0.15) is 11.9 Å². The molecule has 3 aromatic rings. The van der Waals surface area contributed by atoms with E-state index in [9.17, 15) is 4.79 Å². The normalized spacial score (nSPS) is 16.2. The first-order valence-electron chi connectivity index (χ1n) is 9.52. The molecule has 1 aliphatic heterocycles. The second-order valence-corrected chi connectivity index (χ2v) is 6.70. The maximum absolute atomic E-state index is 12.5. The van der Waals surface area contributed by atoms with Crippen LogP contribution in [0.5, 0.6) is 11.6 Å². The van der Waals surface area contributed by atoms with Gasteiger partial charge in [-0.05, 0) is 43.3 Å². The van der Waals surface area contributed by atoms with Crippen molar-refractivity contribution in [2.24, 2.45) is 0 Å². The highest BCUT2D eigenvalue weighted by molar-refractivity contribution is 5.89. The number of nitrogens with one attached hydrogen (secondary N) is 1. The molecule has 1 N–H and O–H groups in total. The number of carbonyl (C=O) groups is 1. The fraction of sp³-hybridized carbons (Fsp3) is 0.273. The van der Waals surface area contributed by atoms with E-state index in [0.717, 1.165) is 28.8 Å². The van der Waals surface area contributed by atoms with Crippen LogP contribution in [0.2, 0.25) is 0 Å². The quantitative estimate of drug-likeness (QED) is 0.719. The summed E-state index contributed by atoms with van der Waals surface area (Å²) in [6, 6.07) is 19.1. The molecular formula is C22H23N3O3. The van der Waals surface area contributed by atoms with Crippen LogP contribution in [0, 0.1) is 0 Å². The number of amides is 2. The summed E-state index contributed by atoms with van der Waals surface area (Å²) in [5, 5.41) is 4.00. The van der Waals surface area contributed by atoms with Gasteiger partial charge in [-0.15, -0.1) is 0 Å². The van der Waals surface area contributed by atoms with Crippen LogP contribution in [0.25, 0.3) is 10.9 Å². The van der Waals surface area contributed by atoms with E-state index in [4.69, 9.17) is 9.47 Å². The first kappa shape index (κ1) is 18.1. The largest absolute Gasteiger partial charge is 0.494 e. The third-order valence-corrected chi connectivity index (χ3v) is 4.71. The van der Waals surface area contributed by atoms with E-state index in [2.05, 4.69) is 10.3 Å². The minimum Gasteiger partial charge on any atom is -0.494 e. The van der Waals surface area contributed by atoms with Crippen molar-refractivity contribution in [3.63, 3.8) is 0 Å².